The van der Waals surface area contributed by atoms with Crippen LogP contribution in [0.1, 0.15) is 25.0 Å². The fourth-order valence-corrected chi connectivity index (χ4v) is 3.29. The summed E-state index contributed by atoms with van der Waals surface area (Å²) in [7, 11) is 1.82. The fraction of sp³-hybridized carbons (Fsp3) is 0.800. The second-order valence-corrected chi connectivity index (χ2v) is 6.45. The molecular weight excluding hydrogens is 314 g/mol. The van der Waals surface area contributed by atoms with E-state index in [1.807, 2.05) is 7.05 Å². The Morgan fingerprint density at radius 3 is 2.75 bits per heavy atom. The number of carbonyl (C=O) groups excluding carboxylic acids is 1. The molecule has 2 aliphatic rings. The second-order valence-electron chi connectivity index (χ2n) is 6.45. The number of nitrogens with zero attached hydrogens (tertiary/aromatic N) is 4. The third-order valence-corrected chi connectivity index (χ3v) is 4.61. The van der Waals surface area contributed by atoms with Gasteiger partial charge in [-0.1, -0.05) is 5.21 Å². The van der Waals surface area contributed by atoms with Crippen molar-refractivity contribution in [2.24, 2.45) is 0 Å². The Bertz CT molecular complexity index is 560. The highest BCUT2D eigenvalue weighted by Crippen LogP contribution is 2.26. The number of hydrogen-bond donors (Lipinski definition) is 3. The maximum absolute atomic E-state index is 12.2. The minimum absolute atomic E-state index is 0.0264. The molecule has 24 heavy (non-hydrogen) atoms. The number of nitrogens with one attached hydrogen (secondary N) is 1. The minimum atomic E-state index is -1.07. The third kappa shape index (κ3) is 3.75. The van der Waals surface area contributed by atoms with Crippen molar-refractivity contribution in [3.63, 3.8) is 0 Å². The Hall–Kier alpha value is -1.55. The molecule has 134 valence electrons. The van der Waals surface area contributed by atoms with Crippen LogP contribution in [0.4, 0.5) is 0 Å². The van der Waals surface area contributed by atoms with Gasteiger partial charge in [-0.25, -0.2) is 4.68 Å². The summed E-state index contributed by atoms with van der Waals surface area (Å²) >= 11 is 0. The summed E-state index contributed by atoms with van der Waals surface area (Å²) in [6.45, 7) is 2.41. The number of carbonyl (C=O) groups is 1. The number of rotatable bonds is 6. The SMILES string of the molecule is CNCc1cn(CC2OC(CC(=O)N3CCCC3)C(O)C2O)nn1. The largest absolute Gasteiger partial charge is 0.388 e. The minimum Gasteiger partial charge on any atom is -0.388 e. The highest BCUT2D eigenvalue weighted by molar-refractivity contribution is 5.77. The zero-order valence-electron chi connectivity index (χ0n) is 13.8. The Balaban J connectivity index is 1.56. The summed E-state index contributed by atoms with van der Waals surface area (Å²) in [5.41, 5.74) is 0.784. The predicted molar refractivity (Wildman–Crippen MR) is 83.9 cm³/mol. The van der Waals surface area contributed by atoms with Crippen LogP contribution in [0.25, 0.3) is 0 Å². The van der Waals surface area contributed by atoms with Crippen molar-refractivity contribution in [2.75, 3.05) is 20.1 Å². The van der Waals surface area contributed by atoms with Gasteiger partial charge >= 0.3 is 0 Å². The van der Waals surface area contributed by atoms with E-state index in [4.69, 9.17) is 4.74 Å². The smallest absolute Gasteiger partial charge is 0.225 e. The van der Waals surface area contributed by atoms with Gasteiger partial charge in [-0.2, -0.15) is 0 Å². The lowest BCUT2D eigenvalue weighted by molar-refractivity contribution is -0.134. The lowest BCUT2D eigenvalue weighted by Crippen LogP contribution is -2.37. The molecule has 3 heterocycles. The Labute approximate surface area is 140 Å². The van der Waals surface area contributed by atoms with Crippen molar-refractivity contribution < 1.29 is 19.7 Å². The summed E-state index contributed by atoms with van der Waals surface area (Å²) in [5.74, 6) is -0.0264. The van der Waals surface area contributed by atoms with Gasteiger partial charge in [0.2, 0.25) is 5.91 Å². The van der Waals surface area contributed by atoms with Crippen molar-refractivity contribution in [3.8, 4) is 0 Å². The van der Waals surface area contributed by atoms with E-state index in [1.165, 1.54) is 0 Å². The normalized spacial score (nSPS) is 30.2. The van der Waals surface area contributed by atoms with Crippen LogP contribution >= 0.6 is 0 Å². The summed E-state index contributed by atoms with van der Waals surface area (Å²) in [4.78, 5) is 14.0. The Morgan fingerprint density at radius 1 is 1.33 bits per heavy atom. The highest BCUT2D eigenvalue weighted by atomic mass is 16.5. The lowest BCUT2D eigenvalue weighted by Gasteiger charge is -2.19. The zero-order chi connectivity index (χ0) is 17.1. The van der Waals surface area contributed by atoms with Gasteiger partial charge in [0.15, 0.2) is 0 Å². The van der Waals surface area contributed by atoms with E-state index in [1.54, 1.807) is 15.8 Å². The number of aliphatic hydroxyl groups excluding tert-OH is 2. The molecule has 1 amide bonds. The number of aliphatic hydroxyl groups is 2. The monoisotopic (exact) mass is 339 g/mol. The van der Waals surface area contributed by atoms with Crippen LogP contribution in [-0.4, -0.2) is 80.6 Å². The first-order chi connectivity index (χ1) is 11.6. The number of amides is 1. The van der Waals surface area contributed by atoms with Gasteiger partial charge in [0.25, 0.3) is 0 Å². The number of ether oxygens (including phenoxy) is 1. The van der Waals surface area contributed by atoms with Crippen molar-refractivity contribution in [1.82, 2.24) is 25.2 Å². The van der Waals surface area contributed by atoms with Gasteiger partial charge in [-0.05, 0) is 19.9 Å². The van der Waals surface area contributed by atoms with Crippen molar-refractivity contribution in [1.29, 1.82) is 0 Å². The van der Waals surface area contributed by atoms with Crippen molar-refractivity contribution in [3.05, 3.63) is 11.9 Å². The summed E-state index contributed by atoms with van der Waals surface area (Å²) in [6.07, 6.45) is 0.497. The van der Waals surface area contributed by atoms with E-state index < -0.39 is 24.4 Å². The van der Waals surface area contributed by atoms with E-state index >= 15 is 0 Å². The van der Waals surface area contributed by atoms with Crippen LogP contribution in [0.15, 0.2) is 6.20 Å². The van der Waals surface area contributed by atoms with E-state index in [0.717, 1.165) is 31.6 Å². The lowest BCUT2D eigenvalue weighted by atomic mass is 10.1. The molecule has 2 saturated heterocycles. The van der Waals surface area contributed by atoms with Crippen molar-refractivity contribution >= 4 is 5.91 Å². The Morgan fingerprint density at radius 2 is 2.04 bits per heavy atom. The summed E-state index contributed by atoms with van der Waals surface area (Å²) in [5, 5.41) is 31.4. The standard InChI is InChI=1S/C15H25N5O4/c1-16-7-10-8-20(18-17-10)9-12-15(23)14(22)11(24-12)6-13(21)19-4-2-3-5-19/h8,11-12,14-16,22-23H,2-7,9H2,1H3. The van der Waals surface area contributed by atoms with Crippen molar-refractivity contribution in [2.45, 2.75) is 56.8 Å². The molecule has 3 rings (SSSR count). The molecule has 4 atom stereocenters. The van der Waals surface area contributed by atoms with Crippen LogP contribution in [0.3, 0.4) is 0 Å². The van der Waals surface area contributed by atoms with E-state index in [9.17, 15) is 15.0 Å². The molecule has 3 N–H and O–H groups in total. The van der Waals surface area contributed by atoms with Gasteiger partial charge in [0.05, 0.1) is 24.8 Å². The van der Waals surface area contributed by atoms with Crippen LogP contribution in [0, 0.1) is 0 Å². The molecule has 1 aromatic rings. The number of hydrogen-bond acceptors (Lipinski definition) is 7. The van der Waals surface area contributed by atoms with Crippen LogP contribution < -0.4 is 5.32 Å². The topological polar surface area (TPSA) is 113 Å². The summed E-state index contributed by atoms with van der Waals surface area (Å²) in [6, 6.07) is 0. The van der Waals surface area contributed by atoms with Gasteiger partial charge < -0.3 is 25.2 Å². The van der Waals surface area contributed by atoms with E-state index in [0.29, 0.717) is 6.54 Å². The molecule has 4 unspecified atom stereocenters. The average molecular weight is 339 g/mol. The van der Waals surface area contributed by atoms with Crippen LogP contribution in [0.5, 0.6) is 0 Å². The summed E-state index contributed by atoms with van der Waals surface area (Å²) < 4.78 is 7.32. The van der Waals surface area contributed by atoms with Gasteiger partial charge in [-0.3, -0.25) is 4.79 Å². The number of likely N-dealkylation sites (tertiary alicyclic amines) is 1. The molecule has 0 spiro atoms. The van der Waals surface area contributed by atoms with Gasteiger partial charge in [0.1, 0.15) is 18.3 Å². The second kappa shape index (κ2) is 7.56. The van der Waals surface area contributed by atoms with E-state index in [2.05, 4.69) is 15.6 Å². The van der Waals surface area contributed by atoms with Crippen LogP contribution in [-0.2, 0) is 22.6 Å². The Kier molecular flexibility index (Phi) is 5.44. The molecule has 2 fully saturated rings. The molecule has 0 radical (unpaired) electrons. The fourth-order valence-electron chi connectivity index (χ4n) is 3.29. The molecule has 2 aliphatic heterocycles. The molecular formula is C15H25N5O4. The van der Waals surface area contributed by atoms with Gasteiger partial charge in [-0.15, -0.1) is 5.10 Å². The molecule has 0 aromatic carbocycles. The van der Waals surface area contributed by atoms with Gasteiger partial charge in [0, 0.05) is 25.8 Å². The first-order valence-electron chi connectivity index (χ1n) is 8.41. The molecule has 0 bridgehead atoms. The predicted octanol–water partition coefficient (Wildman–Crippen LogP) is -1.50. The maximum atomic E-state index is 12.2. The molecule has 9 heteroatoms. The first-order valence-corrected chi connectivity index (χ1v) is 8.41. The average Bonchev–Trinajstić information content (AvgIpc) is 3.28. The van der Waals surface area contributed by atoms with E-state index in [-0.39, 0.29) is 18.9 Å². The molecule has 0 aliphatic carbocycles. The molecule has 9 nitrogen and oxygen atoms in total. The van der Waals surface area contributed by atoms with Crippen LogP contribution in [0.2, 0.25) is 0 Å². The number of aromatic nitrogens is 3. The molecule has 1 aromatic heterocycles. The maximum Gasteiger partial charge on any atom is 0.225 e. The quantitative estimate of drug-likeness (QED) is 0.578. The molecule has 0 saturated carbocycles. The third-order valence-electron chi connectivity index (χ3n) is 4.61. The first kappa shape index (κ1) is 17.3. The highest BCUT2D eigenvalue weighted by Gasteiger charge is 2.44. The zero-order valence-corrected chi connectivity index (χ0v) is 13.8.